The number of aromatic nitrogens is 3. The van der Waals surface area contributed by atoms with E-state index in [-0.39, 0.29) is 0 Å². The first-order chi connectivity index (χ1) is 11.4. The zero-order chi connectivity index (χ0) is 17.2. The van der Waals surface area contributed by atoms with Gasteiger partial charge in [-0.2, -0.15) is 0 Å². The Kier molecular flexibility index (Phi) is 4.05. The molecule has 3 aromatic rings. The van der Waals surface area contributed by atoms with E-state index in [0.717, 1.165) is 5.39 Å². The van der Waals surface area contributed by atoms with Gasteiger partial charge in [-0.05, 0) is 69.0 Å². The summed E-state index contributed by atoms with van der Waals surface area (Å²) < 4.78 is 6.75. The third-order valence-corrected chi connectivity index (χ3v) is 3.12. The van der Waals surface area contributed by atoms with E-state index < -0.39 is 11.7 Å². The molecule has 3 aromatic heterocycles. The van der Waals surface area contributed by atoms with Crippen molar-refractivity contribution < 1.29 is 9.53 Å². The highest BCUT2D eigenvalue weighted by molar-refractivity contribution is 5.75. The molecule has 0 aliphatic heterocycles. The zero-order valence-electron chi connectivity index (χ0n) is 13.8. The summed E-state index contributed by atoms with van der Waals surface area (Å²) in [4.78, 5) is 20.8. The zero-order valence-corrected chi connectivity index (χ0v) is 13.8. The molecule has 0 unspecified atom stereocenters. The monoisotopic (exact) mass is 319 g/mol. The van der Waals surface area contributed by atoms with E-state index in [2.05, 4.69) is 21.8 Å². The van der Waals surface area contributed by atoms with Crippen LogP contribution in [0, 0.1) is 11.8 Å². The molecule has 5 nitrogen and oxygen atoms in total. The number of hydrogen-bond donors (Lipinski definition) is 0. The van der Waals surface area contributed by atoms with Gasteiger partial charge >= 0.3 is 6.09 Å². The van der Waals surface area contributed by atoms with Crippen LogP contribution in [-0.2, 0) is 4.74 Å². The van der Waals surface area contributed by atoms with Crippen molar-refractivity contribution in [3.8, 4) is 11.8 Å². The average Bonchev–Trinajstić information content (AvgIpc) is 3.00. The second-order valence-corrected chi connectivity index (χ2v) is 6.24. The first-order valence-corrected chi connectivity index (χ1v) is 7.57. The number of ether oxygens (including phenoxy) is 1. The maximum atomic E-state index is 12.2. The van der Waals surface area contributed by atoms with Gasteiger partial charge in [-0.25, -0.2) is 19.3 Å². The van der Waals surface area contributed by atoms with Crippen LogP contribution in [-0.4, -0.2) is 26.2 Å². The van der Waals surface area contributed by atoms with Crippen LogP contribution < -0.4 is 0 Å². The normalized spacial score (nSPS) is 11.0. The molecule has 0 radical (unpaired) electrons. The number of fused-ring (bicyclic) bond motifs is 1. The van der Waals surface area contributed by atoms with Crippen molar-refractivity contribution >= 4 is 17.1 Å². The minimum Gasteiger partial charge on any atom is -0.443 e. The molecule has 0 bridgehead atoms. The van der Waals surface area contributed by atoms with Gasteiger partial charge in [0.1, 0.15) is 17.0 Å². The minimum atomic E-state index is -0.558. The number of hydrogen-bond acceptors (Lipinski definition) is 4. The van der Waals surface area contributed by atoms with Gasteiger partial charge in [-0.15, -0.1) is 0 Å². The molecule has 5 heteroatoms. The standard InChI is InChI=1S/C19H17N3O2/c1-19(2,3)24-18(23)22-13-5-7-16(22)11-10-15-9-8-14-6-4-12-20-17(14)21-15/h4-9,12-13H,1-3H3. The molecular formula is C19H17N3O2. The third kappa shape index (κ3) is 3.61. The number of carbonyl (C=O) groups is 1. The minimum absolute atomic E-state index is 0.454. The summed E-state index contributed by atoms with van der Waals surface area (Å²) in [6.07, 6.45) is 2.87. The lowest BCUT2D eigenvalue weighted by molar-refractivity contribution is 0.0536. The summed E-state index contributed by atoms with van der Waals surface area (Å²) in [7, 11) is 0. The predicted octanol–water partition coefficient (Wildman–Crippen LogP) is 3.61. The van der Waals surface area contributed by atoms with Crippen molar-refractivity contribution in [2.24, 2.45) is 0 Å². The highest BCUT2D eigenvalue weighted by Gasteiger charge is 2.18. The van der Waals surface area contributed by atoms with E-state index in [4.69, 9.17) is 4.74 Å². The van der Waals surface area contributed by atoms with Crippen LogP contribution >= 0.6 is 0 Å². The fourth-order valence-corrected chi connectivity index (χ4v) is 2.10. The maximum absolute atomic E-state index is 12.2. The first-order valence-electron chi connectivity index (χ1n) is 7.57. The molecule has 0 spiro atoms. The lowest BCUT2D eigenvalue weighted by Crippen LogP contribution is -2.27. The Morgan fingerprint density at radius 3 is 2.75 bits per heavy atom. The van der Waals surface area contributed by atoms with E-state index in [1.165, 1.54) is 4.57 Å². The molecule has 0 aliphatic rings. The highest BCUT2D eigenvalue weighted by atomic mass is 16.6. The van der Waals surface area contributed by atoms with Gasteiger partial charge in [0.2, 0.25) is 0 Å². The molecule has 0 aliphatic carbocycles. The van der Waals surface area contributed by atoms with Crippen molar-refractivity contribution in [2.75, 3.05) is 0 Å². The highest BCUT2D eigenvalue weighted by Crippen LogP contribution is 2.12. The molecule has 3 rings (SSSR count). The molecular weight excluding hydrogens is 302 g/mol. The van der Waals surface area contributed by atoms with Crippen LogP contribution in [0.25, 0.3) is 11.0 Å². The fraction of sp³-hybridized carbons (Fsp3) is 0.211. The molecule has 0 fully saturated rings. The number of rotatable bonds is 0. The Labute approximate surface area is 140 Å². The van der Waals surface area contributed by atoms with Gasteiger partial charge in [-0.1, -0.05) is 0 Å². The van der Waals surface area contributed by atoms with Crippen LogP contribution in [0.4, 0.5) is 4.79 Å². The molecule has 0 saturated heterocycles. The summed E-state index contributed by atoms with van der Waals surface area (Å²) >= 11 is 0. The molecule has 0 atom stereocenters. The summed E-state index contributed by atoms with van der Waals surface area (Å²) in [6, 6.07) is 11.1. The van der Waals surface area contributed by atoms with Crippen molar-refractivity contribution in [1.29, 1.82) is 0 Å². The van der Waals surface area contributed by atoms with E-state index in [9.17, 15) is 4.79 Å². The van der Waals surface area contributed by atoms with Gasteiger partial charge < -0.3 is 4.74 Å². The quantitative estimate of drug-likeness (QED) is 0.594. The molecule has 0 saturated carbocycles. The second kappa shape index (κ2) is 6.17. The molecule has 0 aromatic carbocycles. The molecule has 120 valence electrons. The molecule has 0 N–H and O–H groups in total. The van der Waals surface area contributed by atoms with E-state index >= 15 is 0 Å². The summed E-state index contributed by atoms with van der Waals surface area (Å²) in [6.45, 7) is 5.48. The van der Waals surface area contributed by atoms with Gasteiger partial charge in [0.15, 0.2) is 5.65 Å². The van der Waals surface area contributed by atoms with Gasteiger partial charge in [0, 0.05) is 17.8 Å². The van der Waals surface area contributed by atoms with Crippen molar-refractivity contribution in [1.82, 2.24) is 14.5 Å². The topological polar surface area (TPSA) is 57.0 Å². The SMILES string of the molecule is CC(C)(C)OC(=O)n1cccc1C#Cc1ccc2cccnc2n1. The number of carbonyl (C=O) groups excluding carboxylic acids is 1. The summed E-state index contributed by atoms with van der Waals surface area (Å²) in [5.74, 6) is 5.93. The van der Waals surface area contributed by atoms with Crippen molar-refractivity contribution in [2.45, 2.75) is 26.4 Å². The third-order valence-electron chi connectivity index (χ3n) is 3.12. The van der Waals surface area contributed by atoms with Crippen LogP contribution in [0.1, 0.15) is 32.2 Å². The van der Waals surface area contributed by atoms with Gasteiger partial charge in [-0.3, -0.25) is 0 Å². The van der Waals surface area contributed by atoms with Crippen LogP contribution in [0.3, 0.4) is 0 Å². The summed E-state index contributed by atoms with van der Waals surface area (Å²) in [5, 5.41) is 0.959. The molecule has 24 heavy (non-hydrogen) atoms. The smallest absolute Gasteiger partial charge is 0.419 e. The Hall–Kier alpha value is -3.13. The van der Waals surface area contributed by atoms with Crippen molar-refractivity contribution in [3.05, 3.63) is 60.2 Å². The van der Waals surface area contributed by atoms with E-state index in [1.807, 2.05) is 45.0 Å². The Morgan fingerprint density at radius 1 is 1.12 bits per heavy atom. The summed E-state index contributed by atoms with van der Waals surface area (Å²) in [5.41, 5.74) is 1.23. The van der Waals surface area contributed by atoms with Gasteiger partial charge in [0.25, 0.3) is 0 Å². The fourth-order valence-electron chi connectivity index (χ4n) is 2.10. The van der Waals surface area contributed by atoms with Crippen LogP contribution in [0.5, 0.6) is 0 Å². The molecule has 0 amide bonds. The number of pyridine rings is 2. The Balaban J connectivity index is 1.88. The molecule has 3 heterocycles. The lowest BCUT2D eigenvalue weighted by Gasteiger charge is -2.19. The number of nitrogens with zero attached hydrogens (tertiary/aromatic N) is 3. The first kappa shape index (κ1) is 15.8. The predicted molar refractivity (Wildman–Crippen MR) is 91.6 cm³/mol. The largest absolute Gasteiger partial charge is 0.443 e. The Bertz CT molecular complexity index is 956. The Morgan fingerprint density at radius 2 is 1.96 bits per heavy atom. The average molecular weight is 319 g/mol. The van der Waals surface area contributed by atoms with Crippen LogP contribution in [0.15, 0.2) is 48.8 Å². The second-order valence-electron chi connectivity index (χ2n) is 6.24. The van der Waals surface area contributed by atoms with E-state index in [0.29, 0.717) is 17.0 Å². The van der Waals surface area contributed by atoms with Crippen LogP contribution in [0.2, 0.25) is 0 Å². The lowest BCUT2D eigenvalue weighted by atomic mass is 10.2. The van der Waals surface area contributed by atoms with E-state index in [1.54, 1.807) is 24.5 Å². The maximum Gasteiger partial charge on any atom is 0.419 e. The van der Waals surface area contributed by atoms with Crippen molar-refractivity contribution in [3.63, 3.8) is 0 Å². The van der Waals surface area contributed by atoms with Gasteiger partial charge in [0.05, 0.1) is 0 Å².